The van der Waals surface area contributed by atoms with Crippen LogP contribution in [0.4, 0.5) is 10.5 Å². The van der Waals surface area contributed by atoms with Gasteiger partial charge >= 0.3 is 6.03 Å². The summed E-state index contributed by atoms with van der Waals surface area (Å²) >= 11 is 0. The molecule has 46 heavy (non-hydrogen) atoms. The van der Waals surface area contributed by atoms with Gasteiger partial charge in [0.15, 0.2) is 11.5 Å². The van der Waals surface area contributed by atoms with Crippen molar-refractivity contribution in [2.45, 2.75) is 83.1 Å². The second-order valence-electron chi connectivity index (χ2n) is 13.5. The van der Waals surface area contributed by atoms with Gasteiger partial charge in [0.2, 0.25) is 0 Å². The first-order valence-corrected chi connectivity index (χ1v) is 15.7. The molecule has 0 bridgehead atoms. The number of benzene rings is 2. The smallest absolute Gasteiger partial charge is 0.319 e. The van der Waals surface area contributed by atoms with Gasteiger partial charge in [-0.3, -0.25) is 9.30 Å². The number of aliphatic hydroxyl groups is 1. The van der Waals surface area contributed by atoms with Gasteiger partial charge in [0.1, 0.15) is 17.6 Å². The number of likely N-dealkylation sites (tertiary alicyclic amines) is 1. The average Bonchev–Trinajstić information content (AvgIpc) is 3.60. The number of methoxy groups -OCH3 is 1. The molecule has 3 atom stereocenters. The van der Waals surface area contributed by atoms with E-state index in [-0.39, 0.29) is 48.1 Å². The molecule has 3 N–H and O–H groups in total. The van der Waals surface area contributed by atoms with E-state index in [4.69, 9.17) is 9.47 Å². The third kappa shape index (κ3) is 6.26. The maximum Gasteiger partial charge on any atom is 0.319 e. The Balaban J connectivity index is 0.00000417. The number of halogens is 1. The van der Waals surface area contributed by atoms with Gasteiger partial charge in [-0.25, -0.2) is 4.79 Å². The average molecular weight is 649 g/mol. The number of pyridine rings is 1. The van der Waals surface area contributed by atoms with Crippen molar-refractivity contribution in [1.29, 1.82) is 0 Å². The van der Waals surface area contributed by atoms with Gasteiger partial charge in [-0.05, 0) is 92.6 Å². The van der Waals surface area contributed by atoms with Gasteiger partial charge in [-0.15, -0.1) is 22.6 Å². The fourth-order valence-corrected chi connectivity index (χ4v) is 6.77. The Morgan fingerprint density at radius 2 is 1.87 bits per heavy atom. The number of fused-ring (bicyclic) bond motifs is 2. The van der Waals surface area contributed by atoms with Crippen molar-refractivity contribution in [3.05, 3.63) is 82.8 Å². The van der Waals surface area contributed by atoms with Gasteiger partial charge in [0, 0.05) is 5.56 Å². The predicted octanol–water partition coefficient (Wildman–Crippen LogP) is 6.67. The number of hydrogen-bond donors (Lipinski definition) is 3. The van der Waals surface area contributed by atoms with Gasteiger partial charge in [0.25, 0.3) is 0 Å². The molecule has 2 aliphatic rings. The minimum absolute atomic E-state index is 0. The summed E-state index contributed by atoms with van der Waals surface area (Å²) < 4.78 is 14.3. The van der Waals surface area contributed by atoms with E-state index >= 15 is 0 Å². The summed E-state index contributed by atoms with van der Waals surface area (Å²) in [6, 6.07) is 15.4. The van der Waals surface area contributed by atoms with Gasteiger partial charge in [0.05, 0.1) is 37.2 Å². The molecule has 0 spiro atoms. The first-order chi connectivity index (χ1) is 21.5. The SMILES string of the molecule is COc1c(CO)cc(C(C)(C)C)cc1NC(=O)N[C@H]1CC[C@@H](Oc2ccc3nnc([C@]4(C)CCCN4C)n3c2)c2ccccc21.Cl. The lowest BCUT2D eigenvalue weighted by molar-refractivity contribution is 0.170. The molecule has 4 aromatic rings. The summed E-state index contributed by atoms with van der Waals surface area (Å²) in [7, 11) is 3.69. The first-order valence-electron chi connectivity index (χ1n) is 15.7. The molecule has 0 saturated carbocycles. The third-order valence-electron chi connectivity index (χ3n) is 9.53. The number of nitrogens with one attached hydrogen (secondary N) is 2. The van der Waals surface area contributed by atoms with Crippen LogP contribution in [-0.4, -0.2) is 51.3 Å². The molecule has 2 aromatic carbocycles. The summed E-state index contributed by atoms with van der Waals surface area (Å²) in [6.07, 6.45) is 5.43. The normalized spacial score (nSPS) is 21.4. The molecular weight excluding hydrogens is 604 g/mol. The lowest BCUT2D eigenvalue weighted by Crippen LogP contribution is -2.37. The molecule has 1 aliphatic carbocycles. The van der Waals surface area contributed by atoms with Crippen LogP contribution in [-0.2, 0) is 17.6 Å². The number of amides is 2. The van der Waals surface area contributed by atoms with Crippen molar-refractivity contribution in [2.75, 3.05) is 26.0 Å². The molecule has 0 unspecified atom stereocenters. The number of urea groups is 1. The van der Waals surface area contributed by atoms with Crippen molar-refractivity contribution in [2.24, 2.45) is 0 Å². The fraction of sp³-hybridized carbons (Fsp3) is 0.457. The van der Waals surface area contributed by atoms with E-state index in [2.05, 4.69) is 77.0 Å². The Morgan fingerprint density at radius 3 is 2.54 bits per heavy atom. The zero-order valence-electron chi connectivity index (χ0n) is 27.5. The molecule has 246 valence electrons. The maximum absolute atomic E-state index is 13.4. The number of ether oxygens (including phenoxy) is 2. The topological polar surface area (TPSA) is 113 Å². The second kappa shape index (κ2) is 13.1. The molecule has 2 amide bonds. The van der Waals surface area contributed by atoms with E-state index in [1.54, 1.807) is 7.11 Å². The van der Waals surface area contributed by atoms with Crippen molar-refractivity contribution < 1.29 is 19.4 Å². The van der Waals surface area contributed by atoms with E-state index in [1.165, 1.54) is 0 Å². The number of carbonyl (C=O) groups excluding carboxylic acids is 1. The highest BCUT2D eigenvalue weighted by Gasteiger charge is 2.40. The van der Waals surface area contributed by atoms with Crippen LogP contribution in [0.1, 0.15) is 93.6 Å². The van der Waals surface area contributed by atoms with Crippen LogP contribution in [0.15, 0.2) is 54.7 Å². The molecule has 1 saturated heterocycles. The Kier molecular flexibility index (Phi) is 9.54. The van der Waals surface area contributed by atoms with Crippen LogP contribution in [0, 0.1) is 0 Å². The Morgan fingerprint density at radius 1 is 1.11 bits per heavy atom. The van der Waals surface area contributed by atoms with Gasteiger partial charge < -0.3 is 25.2 Å². The van der Waals surface area contributed by atoms with E-state index in [9.17, 15) is 9.90 Å². The molecule has 11 heteroatoms. The van der Waals surface area contributed by atoms with Crippen molar-refractivity contribution >= 4 is 29.8 Å². The number of aromatic nitrogens is 3. The summed E-state index contributed by atoms with van der Waals surface area (Å²) in [5.41, 5.74) is 4.68. The number of anilines is 1. The fourth-order valence-electron chi connectivity index (χ4n) is 6.77. The van der Waals surface area contributed by atoms with E-state index in [1.807, 2.05) is 42.6 Å². The molecule has 6 rings (SSSR count). The lowest BCUT2D eigenvalue weighted by Gasteiger charge is -2.32. The summed E-state index contributed by atoms with van der Waals surface area (Å²) in [5, 5.41) is 25.2. The monoisotopic (exact) mass is 648 g/mol. The molecule has 0 radical (unpaired) electrons. The molecule has 3 heterocycles. The van der Waals surface area contributed by atoms with Crippen molar-refractivity contribution in [1.82, 2.24) is 24.8 Å². The van der Waals surface area contributed by atoms with E-state index < -0.39 is 0 Å². The minimum Gasteiger partial charge on any atom is -0.494 e. The summed E-state index contributed by atoms with van der Waals surface area (Å²) in [4.78, 5) is 15.7. The zero-order valence-corrected chi connectivity index (χ0v) is 28.3. The largest absolute Gasteiger partial charge is 0.494 e. The number of carbonyl (C=O) groups is 1. The number of rotatable bonds is 7. The van der Waals surface area contributed by atoms with E-state index in [0.29, 0.717) is 23.4 Å². The number of aliphatic hydroxyl groups excluding tert-OH is 1. The molecule has 1 fully saturated rings. The van der Waals surface area contributed by atoms with Crippen LogP contribution in [0.25, 0.3) is 5.65 Å². The predicted molar refractivity (Wildman–Crippen MR) is 181 cm³/mol. The number of nitrogens with zero attached hydrogens (tertiary/aromatic N) is 4. The highest BCUT2D eigenvalue weighted by Crippen LogP contribution is 2.41. The Bertz CT molecular complexity index is 1720. The Labute approximate surface area is 276 Å². The number of hydrogen-bond acceptors (Lipinski definition) is 7. The van der Waals surface area contributed by atoms with Crippen LogP contribution >= 0.6 is 12.4 Å². The minimum atomic E-state index is -0.335. The highest BCUT2D eigenvalue weighted by molar-refractivity contribution is 5.92. The Hall–Kier alpha value is -3.86. The van der Waals surface area contributed by atoms with Gasteiger partial charge in [-0.2, -0.15) is 0 Å². The summed E-state index contributed by atoms with van der Waals surface area (Å²) in [6.45, 7) is 9.35. The third-order valence-corrected chi connectivity index (χ3v) is 9.53. The molecule has 2 aromatic heterocycles. The van der Waals surface area contributed by atoms with Crippen LogP contribution in [0.2, 0.25) is 0 Å². The van der Waals surface area contributed by atoms with Crippen LogP contribution in [0.3, 0.4) is 0 Å². The lowest BCUT2D eigenvalue weighted by atomic mass is 9.85. The zero-order chi connectivity index (χ0) is 31.9. The summed E-state index contributed by atoms with van der Waals surface area (Å²) in [5.74, 6) is 2.14. The quantitative estimate of drug-likeness (QED) is 0.205. The van der Waals surface area contributed by atoms with E-state index in [0.717, 1.165) is 59.7 Å². The van der Waals surface area contributed by atoms with Crippen molar-refractivity contribution in [3.8, 4) is 11.5 Å². The maximum atomic E-state index is 13.4. The van der Waals surface area contributed by atoms with Crippen LogP contribution < -0.4 is 20.1 Å². The van der Waals surface area contributed by atoms with Gasteiger partial charge in [-0.1, -0.05) is 45.0 Å². The molecule has 1 aliphatic heterocycles. The van der Waals surface area contributed by atoms with Crippen molar-refractivity contribution in [3.63, 3.8) is 0 Å². The van der Waals surface area contributed by atoms with Crippen LogP contribution in [0.5, 0.6) is 11.5 Å². The second-order valence-corrected chi connectivity index (χ2v) is 13.5. The molecule has 10 nitrogen and oxygen atoms in total. The highest BCUT2D eigenvalue weighted by atomic mass is 35.5. The first kappa shape index (κ1) is 33.5. The standard InChI is InChI=1S/C35H44N6O4.ClH/c1-34(2,3)23-18-22(21-42)31(44-6)28(19-23)37-33(43)36-27-13-14-29(26-11-8-7-10-25(26)27)45-24-12-15-30-38-39-32(41(30)20-24)35(4)16-9-17-40(35)5;/h7-8,10-12,15,18-20,27,29,42H,9,13-14,16-17,21H2,1-6H3,(H2,36,37,43);1H/t27-,29+,35-;/m0./s1. The molecular formula is C35H45ClN6O4.